The molecule has 3 heteroatoms. The molecule has 20 heavy (non-hydrogen) atoms. The van der Waals surface area contributed by atoms with Crippen LogP contribution in [0.25, 0.3) is 0 Å². The third-order valence-electron chi connectivity index (χ3n) is 4.12. The van der Waals surface area contributed by atoms with Crippen molar-refractivity contribution in [3.63, 3.8) is 0 Å². The van der Waals surface area contributed by atoms with Gasteiger partial charge < -0.3 is 4.90 Å². The molecule has 0 saturated carbocycles. The second-order valence-corrected chi connectivity index (χ2v) is 5.62. The molecule has 1 unspecified atom stereocenters. The van der Waals surface area contributed by atoms with Gasteiger partial charge in [0.25, 0.3) is 0 Å². The van der Waals surface area contributed by atoms with Crippen molar-refractivity contribution in [3.05, 3.63) is 35.9 Å². The van der Waals surface area contributed by atoms with Crippen molar-refractivity contribution >= 4 is 11.7 Å². The fourth-order valence-electron chi connectivity index (χ4n) is 2.76. The average molecular weight is 273 g/mol. The molecule has 1 aromatic rings. The van der Waals surface area contributed by atoms with Crippen LogP contribution >= 0.6 is 0 Å². The number of benzene rings is 1. The van der Waals surface area contributed by atoms with Gasteiger partial charge in [-0.3, -0.25) is 9.59 Å². The summed E-state index contributed by atoms with van der Waals surface area (Å²) in [6.07, 6.45) is 4.14. The molecule has 0 spiro atoms. The molecule has 0 aliphatic carbocycles. The van der Waals surface area contributed by atoms with Crippen molar-refractivity contribution in [3.8, 4) is 0 Å². The van der Waals surface area contributed by atoms with Crippen LogP contribution in [0.2, 0.25) is 0 Å². The fraction of sp³-hybridized carbons (Fsp3) is 0.529. The molecule has 1 aromatic carbocycles. The van der Waals surface area contributed by atoms with Gasteiger partial charge in [-0.25, -0.2) is 0 Å². The van der Waals surface area contributed by atoms with E-state index in [4.69, 9.17) is 0 Å². The predicted molar refractivity (Wildman–Crippen MR) is 79.4 cm³/mol. The van der Waals surface area contributed by atoms with Crippen molar-refractivity contribution in [2.45, 2.75) is 39.0 Å². The summed E-state index contributed by atoms with van der Waals surface area (Å²) < 4.78 is 0. The van der Waals surface area contributed by atoms with Crippen molar-refractivity contribution in [1.29, 1.82) is 0 Å². The van der Waals surface area contributed by atoms with Crippen LogP contribution in [-0.2, 0) is 16.0 Å². The van der Waals surface area contributed by atoms with Crippen molar-refractivity contribution < 1.29 is 9.59 Å². The van der Waals surface area contributed by atoms with E-state index in [0.717, 1.165) is 31.4 Å². The van der Waals surface area contributed by atoms with E-state index in [1.54, 1.807) is 4.90 Å². The smallest absolute Gasteiger partial charge is 0.222 e. The van der Waals surface area contributed by atoms with Crippen LogP contribution in [0.15, 0.2) is 30.3 Å². The first-order valence-electron chi connectivity index (χ1n) is 7.52. The summed E-state index contributed by atoms with van der Waals surface area (Å²) in [6.45, 7) is 3.17. The first-order chi connectivity index (χ1) is 9.69. The summed E-state index contributed by atoms with van der Waals surface area (Å²) in [6, 6.07) is 9.72. The summed E-state index contributed by atoms with van der Waals surface area (Å²) in [4.78, 5) is 25.9. The number of nitrogens with zero attached hydrogens (tertiary/aromatic N) is 1. The lowest BCUT2D eigenvalue weighted by atomic mass is 9.98. The summed E-state index contributed by atoms with van der Waals surface area (Å²) in [7, 11) is 0. The standard InChI is InChI=1S/C17H23NO2/c1-2-14-8-9-17(20)18(11-10-14)13-16(19)12-15-6-4-3-5-7-15/h3-7,14H,2,8-13H2,1H3. The van der Waals surface area contributed by atoms with Crippen molar-refractivity contribution in [2.75, 3.05) is 13.1 Å². The number of carbonyl (C=O) groups excluding carboxylic acids is 2. The number of Topliss-reactive ketones (excluding diaryl/α,β-unsaturated/α-hetero) is 1. The highest BCUT2D eigenvalue weighted by atomic mass is 16.2. The highest BCUT2D eigenvalue weighted by molar-refractivity contribution is 5.87. The van der Waals surface area contributed by atoms with Crippen LogP contribution in [-0.4, -0.2) is 29.7 Å². The van der Waals surface area contributed by atoms with Gasteiger partial charge >= 0.3 is 0 Å². The minimum atomic E-state index is 0.125. The fourth-order valence-corrected chi connectivity index (χ4v) is 2.76. The second kappa shape index (κ2) is 7.22. The maximum Gasteiger partial charge on any atom is 0.222 e. The topological polar surface area (TPSA) is 37.4 Å². The summed E-state index contributed by atoms with van der Waals surface area (Å²) in [5.41, 5.74) is 1.02. The minimum absolute atomic E-state index is 0.125. The molecule has 1 atom stereocenters. The van der Waals surface area contributed by atoms with Crippen LogP contribution in [0.1, 0.15) is 38.2 Å². The molecule has 1 amide bonds. The molecule has 108 valence electrons. The van der Waals surface area contributed by atoms with E-state index in [-0.39, 0.29) is 18.2 Å². The van der Waals surface area contributed by atoms with Crippen LogP contribution < -0.4 is 0 Å². The maximum absolute atomic E-state index is 12.1. The molecule has 0 radical (unpaired) electrons. The minimum Gasteiger partial charge on any atom is -0.335 e. The first-order valence-corrected chi connectivity index (χ1v) is 7.52. The molecule has 1 aliphatic heterocycles. The van der Waals surface area contributed by atoms with Gasteiger partial charge in [0.15, 0.2) is 5.78 Å². The second-order valence-electron chi connectivity index (χ2n) is 5.62. The summed E-state index contributed by atoms with van der Waals surface area (Å²) in [5.74, 6) is 0.898. The Labute approximate surface area is 121 Å². The number of carbonyl (C=O) groups is 2. The molecule has 1 fully saturated rings. The SMILES string of the molecule is CCC1CCC(=O)N(CC(=O)Cc2ccccc2)CC1. The normalized spacial score (nSPS) is 19.8. The number of ketones is 1. The zero-order valence-corrected chi connectivity index (χ0v) is 12.2. The van der Waals surface area contributed by atoms with Gasteiger partial charge in [0.1, 0.15) is 0 Å². The third kappa shape index (κ3) is 4.19. The number of hydrogen-bond acceptors (Lipinski definition) is 2. The van der Waals surface area contributed by atoms with Crippen molar-refractivity contribution in [1.82, 2.24) is 4.90 Å². The number of hydrogen-bond donors (Lipinski definition) is 0. The highest BCUT2D eigenvalue weighted by Crippen LogP contribution is 2.21. The van der Waals surface area contributed by atoms with Gasteiger partial charge in [0, 0.05) is 19.4 Å². The Kier molecular flexibility index (Phi) is 5.33. The average Bonchev–Trinajstić information content (AvgIpc) is 2.63. The van der Waals surface area contributed by atoms with Crippen LogP contribution in [0, 0.1) is 5.92 Å². The zero-order chi connectivity index (χ0) is 14.4. The lowest BCUT2D eigenvalue weighted by Gasteiger charge is -2.20. The first kappa shape index (κ1) is 14.8. The Bertz CT molecular complexity index is 455. The van der Waals surface area contributed by atoms with Gasteiger partial charge in [-0.15, -0.1) is 0 Å². The van der Waals surface area contributed by atoms with Crippen LogP contribution in [0.4, 0.5) is 0 Å². The van der Waals surface area contributed by atoms with E-state index >= 15 is 0 Å². The van der Waals surface area contributed by atoms with E-state index in [1.165, 1.54) is 0 Å². The van der Waals surface area contributed by atoms with E-state index in [1.807, 2.05) is 30.3 Å². The lowest BCUT2D eigenvalue weighted by Crippen LogP contribution is -2.35. The highest BCUT2D eigenvalue weighted by Gasteiger charge is 2.23. The molecule has 1 heterocycles. The van der Waals surface area contributed by atoms with Gasteiger partial charge in [-0.1, -0.05) is 43.7 Å². The predicted octanol–water partition coefficient (Wildman–Crippen LogP) is 2.84. The molecule has 1 saturated heterocycles. The molecule has 2 rings (SSSR count). The zero-order valence-electron chi connectivity index (χ0n) is 12.2. The molecule has 0 aromatic heterocycles. The number of amides is 1. The summed E-state index contributed by atoms with van der Waals surface area (Å²) >= 11 is 0. The lowest BCUT2D eigenvalue weighted by molar-refractivity contribution is -0.134. The van der Waals surface area contributed by atoms with E-state index in [2.05, 4.69) is 6.92 Å². The van der Waals surface area contributed by atoms with Gasteiger partial charge in [-0.05, 0) is 24.3 Å². The largest absolute Gasteiger partial charge is 0.335 e. The Hall–Kier alpha value is -1.64. The Balaban J connectivity index is 1.88. The maximum atomic E-state index is 12.1. The van der Waals surface area contributed by atoms with Crippen molar-refractivity contribution in [2.24, 2.45) is 5.92 Å². The van der Waals surface area contributed by atoms with Gasteiger partial charge in [0.2, 0.25) is 5.91 Å². The number of likely N-dealkylation sites (tertiary alicyclic amines) is 1. The Morgan fingerprint density at radius 1 is 1.25 bits per heavy atom. The Morgan fingerprint density at radius 2 is 2.00 bits per heavy atom. The molecule has 1 aliphatic rings. The van der Waals surface area contributed by atoms with Crippen LogP contribution in [0.5, 0.6) is 0 Å². The van der Waals surface area contributed by atoms with Gasteiger partial charge in [0.05, 0.1) is 6.54 Å². The molecule has 0 bridgehead atoms. The van der Waals surface area contributed by atoms with E-state index < -0.39 is 0 Å². The van der Waals surface area contributed by atoms with Gasteiger partial charge in [-0.2, -0.15) is 0 Å². The molecular formula is C17H23NO2. The molecule has 3 nitrogen and oxygen atoms in total. The third-order valence-corrected chi connectivity index (χ3v) is 4.12. The number of rotatable bonds is 5. The van der Waals surface area contributed by atoms with Crippen LogP contribution in [0.3, 0.4) is 0 Å². The summed E-state index contributed by atoms with van der Waals surface area (Å²) in [5, 5.41) is 0. The van der Waals surface area contributed by atoms with E-state index in [0.29, 0.717) is 18.8 Å². The Morgan fingerprint density at radius 3 is 2.70 bits per heavy atom. The molecule has 0 N–H and O–H groups in total. The quantitative estimate of drug-likeness (QED) is 0.827. The van der Waals surface area contributed by atoms with E-state index in [9.17, 15) is 9.59 Å². The monoisotopic (exact) mass is 273 g/mol. The molecular weight excluding hydrogens is 250 g/mol.